The summed E-state index contributed by atoms with van der Waals surface area (Å²) in [4.78, 5) is 0. The monoisotopic (exact) mass is 364 g/mol. The number of benzene rings is 2. The van der Waals surface area contributed by atoms with Gasteiger partial charge in [-0.2, -0.15) is 13.2 Å². The maximum absolute atomic E-state index is 12.6. The van der Waals surface area contributed by atoms with Gasteiger partial charge in [-0.25, -0.2) is 0 Å². The molecule has 0 saturated carbocycles. The summed E-state index contributed by atoms with van der Waals surface area (Å²) in [5, 5.41) is 6.17. The average molecular weight is 365 g/mol. The molecule has 0 saturated heterocycles. The zero-order valence-electron chi connectivity index (χ0n) is 10.8. The van der Waals surface area contributed by atoms with Crippen LogP contribution in [0.25, 0.3) is 0 Å². The van der Waals surface area contributed by atoms with Crippen molar-refractivity contribution in [3.05, 3.63) is 58.1 Å². The normalized spacial score (nSPS) is 11.1. The van der Waals surface area contributed by atoms with E-state index in [0.717, 1.165) is 12.1 Å². The lowest BCUT2D eigenvalue weighted by atomic mass is 10.2. The second-order valence-corrected chi connectivity index (χ2v) is 5.45. The summed E-state index contributed by atoms with van der Waals surface area (Å²) in [7, 11) is 0. The van der Waals surface area contributed by atoms with Crippen molar-refractivity contribution in [2.45, 2.75) is 6.18 Å². The van der Waals surface area contributed by atoms with Crippen LogP contribution in [0.5, 0.6) is 0 Å². The number of anilines is 2. The Hall–Kier alpha value is -1.50. The van der Waals surface area contributed by atoms with Crippen molar-refractivity contribution >= 4 is 51.9 Å². The van der Waals surface area contributed by atoms with E-state index in [0.29, 0.717) is 10.7 Å². The number of hydrogen-bond acceptors (Lipinski definition) is 1. The molecular weight excluding hydrogens is 356 g/mol. The molecule has 0 amide bonds. The van der Waals surface area contributed by atoms with E-state index in [1.807, 2.05) is 0 Å². The fraction of sp³-hybridized carbons (Fsp3) is 0.0714. The van der Waals surface area contributed by atoms with Crippen molar-refractivity contribution in [2.24, 2.45) is 0 Å². The molecule has 116 valence electrons. The molecule has 8 heteroatoms. The predicted octanol–water partition coefficient (Wildman–Crippen LogP) is 5.82. The van der Waals surface area contributed by atoms with Crippen LogP contribution in [0.1, 0.15) is 5.56 Å². The molecule has 0 fully saturated rings. The Labute approximate surface area is 140 Å². The van der Waals surface area contributed by atoms with Gasteiger partial charge in [-0.05, 0) is 42.5 Å². The second kappa shape index (κ2) is 6.73. The Morgan fingerprint density at radius 2 is 1.68 bits per heavy atom. The molecule has 0 aliphatic heterocycles. The molecule has 0 bridgehead atoms. The van der Waals surface area contributed by atoms with Crippen LogP contribution in [-0.4, -0.2) is 5.11 Å². The minimum absolute atomic E-state index is 0.100. The molecule has 0 atom stereocenters. The van der Waals surface area contributed by atoms with Gasteiger partial charge in [0.1, 0.15) is 0 Å². The van der Waals surface area contributed by atoms with Gasteiger partial charge < -0.3 is 10.6 Å². The van der Waals surface area contributed by atoms with Crippen LogP contribution in [-0.2, 0) is 6.18 Å². The standard InChI is InChI=1S/C14H9Cl2F3N2S/c15-10-5-2-6-11(12(10)16)21-13(22)20-9-4-1-3-8(7-9)14(17,18)19/h1-7H,(H2,20,21,22). The van der Waals surface area contributed by atoms with Gasteiger partial charge in [0.05, 0.1) is 21.3 Å². The van der Waals surface area contributed by atoms with Gasteiger partial charge in [-0.15, -0.1) is 0 Å². The van der Waals surface area contributed by atoms with Crippen LogP contribution in [0, 0.1) is 0 Å². The van der Waals surface area contributed by atoms with Gasteiger partial charge in [0.15, 0.2) is 5.11 Å². The molecular formula is C14H9Cl2F3N2S. The fourth-order valence-corrected chi connectivity index (χ4v) is 2.23. The molecule has 0 unspecified atom stereocenters. The van der Waals surface area contributed by atoms with E-state index in [2.05, 4.69) is 10.6 Å². The zero-order chi connectivity index (χ0) is 16.3. The van der Waals surface area contributed by atoms with Crippen LogP contribution in [0.2, 0.25) is 10.0 Å². The molecule has 2 nitrogen and oxygen atoms in total. The maximum atomic E-state index is 12.6. The topological polar surface area (TPSA) is 24.1 Å². The highest BCUT2D eigenvalue weighted by Gasteiger charge is 2.30. The third-order valence-corrected chi connectivity index (χ3v) is 3.67. The number of rotatable bonds is 2. The van der Waals surface area contributed by atoms with Gasteiger partial charge in [0.25, 0.3) is 0 Å². The first-order valence-electron chi connectivity index (χ1n) is 5.96. The predicted molar refractivity (Wildman–Crippen MR) is 87.7 cm³/mol. The summed E-state index contributed by atoms with van der Waals surface area (Å²) >= 11 is 16.9. The third kappa shape index (κ3) is 4.25. The fourth-order valence-electron chi connectivity index (χ4n) is 1.66. The number of nitrogens with one attached hydrogen (secondary N) is 2. The number of alkyl halides is 3. The lowest BCUT2D eigenvalue weighted by molar-refractivity contribution is -0.137. The first kappa shape index (κ1) is 16.9. The smallest absolute Gasteiger partial charge is 0.332 e. The Kier molecular flexibility index (Phi) is 5.16. The molecule has 0 aromatic heterocycles. The van der Waals surface area contributed by atoms with E-state index in [4.69, 9.17) is 35.4 Å². The molecule has 0 heterocycles. The minimum atomic E-state index is -4.41. The molecule has 0 spiro atoms. The molecule has 0 aliphatic rings. The number of halogens is 5. The van der Waals surface area contributed by atoms with Crippen LogP contribution in [0.3, 0.4) is 0 Å². The van der Waals surface area contributed by atoms with E-state index in [9.17, 15) is 13.2 Å². The Morgan fingerprint density at radius 3 is 2.36 bits per heavy atom. The van der Waals surface area contributed by atoms with Crippen LogP contribution < -0.4 is 10.6 Å². The van der Waals surface area contributed by atoms with E-state index in [-0.39, 0.29) is 15.8 Å². The van der Waals surface area contributed by atoms with Crippen molar-refractivity contribution < 1.29 is 13.2 Å². The van der Waals surface area contributed by atoms with Crippen molar-refractivity contribution in [3.8, 4) is 0 Å². The quantitative estimate of drug-likeness (QED) is 0.656. The summed E-state index contributed by atoms with van der Waals surface area (Å²) in [5.74, 6) is 0. The van der Waals surface area contributed by atoms with Gasteiger partial charge in [-0.1, -0.05) is 35.3 Å². The van der Waals surface area contributed by atoms with E-state index >= 15 is 0 Å². The highest BCUT2D eigenvalue weighted by Crippen LogP contribution is 2.31. The van der Waals surface area contributed by atoms with Crippen molar-refractivity contribution in [1.29, 1.82) is 0 Å². The highest BCUT2D eigenvalue weighted by molar-refractivity contribution is 7.80. The second-order valence-electron chi connectivity index (χ2n) is 4.26. The van der Waals surface area contributed by atoms with Crippen molar-refractivity contribution in [1.82, 2.24) is 0 Å². The van der Waals surface area contributed by atoms with Gasteiger partial charge in [0.2, 0.25) is 0 Å². The lowest BCUT2D eigenvalue weighted by Crippen LogP contribution is -2.19. The average Bonchev–Trinajstić information content (AvgIpc) is 2.43. The Morgan fingerprint density at radius 1 is 1.00 bits per heavy atom. The van der Waals surface area contributed by atoms with E-state index < -0.39 is 11.7 Å². The SMILES string of the molecule is FC(F)(F)c1cccc(NC(=S)Nc2cccc(Cl)c2Cl)c1. The van der Waals surface area contributed by atoms with Crippen molar-refractivity contribution in [3.63, 3.8) is 0 Å². The molecule has 2 aromatic rings. The maximum Gasteiger partial charge on any atom is 0.416 e. The van der Waals surface area contributed by atoms with Crippen LogP contribution in [0.15, 0.2) is 42.5 Å². The van der Waals surface area contributed by atoms with Crippen molar-refractivity contribution in [2.75, 3.05) is 10.6 Å². The Bertz CT molecular complexity index is 705. The highest BCUT2D eigenvalue weighted by atomic mass is 35.5. The first-order valence-corrected chi connectivity index (χ1v) is 7.13. The molecule has 2 aromatic carbocycles. The van der Waals surface area contributed by atoms with Crippen LogP contribution in [0.4, 0.5) is 24.5 Å². The largest absolute Gasteiger partial charge is 0.416 e. The molecule has 0 aliphatic carbocycles. The molecule has 0 radical (unpaired) electrons. The first-order chi connectivity index (χ1) is 10.3. The lowest BCUT2D eigenvalue weighted by Gasteiger charge is -2.13. The van der Waals surface area contributed by atoms with E-state index in [1.54, 1.807) is 18.2 Å². The summed E-state index contributed by atoms with van der Waals surface area (Å²) in [6.45, 7) is 0. The molecule has 2 N–H and O–H groups in total. The molecule has 22 heavy (non-hydrogen) atoms. The Balaban J connectivity index is 2.11. The third-order valence-electron chi connectivity index (χ3n) is 2.65. The summed E-state index contributed by atoms with van der Waals surface area (Å²) in [6.07, 6.45) is -4.41. The molecule has 2 rings (SSSR count). The zero-order valence-corrected chi connectivity index (χ0v) is 13.2. The van der Waals surface area contributed by atoms with Gasteiger partial charge in [-0.3, -0.25) is 0 Å². The summed E-state index contributed by atoms with van der Waals surface area (Å²) < 4.78 is 37.9. The summed E-state index contributed by atoms with van der Waals surface area (Å²) in [6, 6.07) is 9.64. The van der Waals surface area contributed by atoms with E-state index in [1.165, 1.54) is 12.1 Å². The number of hydrogen-bond donors (Lipinski definition) is 2. The van der Waals surface area contributed by atoms with Gasteiger partial charge in [0, 0.05) is 5.69 Å². The van der Waals surface area contributed by atoms with Crippen LogP contribution >= 0.6 is 35.4 Å². The minimum Gasteiger partial charge on any atom is -0.332 e. The summed E-state index contributed by atoms with van der Waals surface area (Å²) in [5.41, 5.74) is -0.0924. The number of thiocarbonyl (C=S) groups is 1. The van der Waals surface area contributed by atoms with Gasteiger partial charge >= 0.3 is 6.18 Å².